The van der Waals surface area contributed by atoms with Gasteiger partial charge in [-0.3, -0.25) is 4.79 Å². The summed E-state index contributed by atoms with van der Waals surface area (Å²) in [6.45, 7) is 3.87. The van der Waals surface area contributed by atoms with Crippen molar-refractivity contribution in [2.24, 2.45) is 0 Å². The summed E-state index contributed by atoms with van der Waals surface area (Å²) in [6.07, 6.45) is 0. The number of halogens is 1. The number of hydrogen-bond donors (Lipinski definition) is 1. The van der Waals surface area contributed by atoms with E-state index in [2.05, 4.69) is 5.32 Å². The van der Waals surface area contributed by atoms with Crippen molar-refractivity contribution in [1.82, 2.24) is 4.98 Å². The Balaban J connectivity index is 1.86. The van der Waals surface area contributed by atoms with Gasteiger partial charge in [-0.25, -0.2) is 4.98 Å². The average molecular weight is 387 g/mol. The quantitative estimate of drug-likeness (QED) is 0.441. The van der Waals surface area contributed by atoms with E-state index in [4.69, 9.17) is 16.6 Å². The Morgan fingerprint density at radius 1 is 0.929 bits per heavy atom. The molecule has 0 aliphatic rings. The summed E-state index contributed by atoms with van der Waals surface area (Å²) in [4.78, 5) is 18.1. The van der Waals surface area contributed by atoms with Gasteiger partial charge in [0.2, 0.25) is 0 Å². The van der Waals surface area contributed by atoms with Crippen LogP contribution < -0.4 is 5.32 Å². The maximum absolute atomic E-state index is 13.2. The second-order valence-electron chi connectivity index (χ2n) is 6.76. The van der Waals surface area contributed by atoms with E-state index in [1.807, 2.05) is 80.6 Å². The van der Waals surface area contributed by atoms with Crippen molar-refractivity contribution in [2.45, 2.75) is 13.8 Å². The average Bonchev–Trinajstić information content (AvgIpc) is 2.71. The van der Waals surface area contributed by atoms with E-state index >= 15 is 0 Å². The van der Waals surface area contributed by atoms with Crippen molar-refractivity contribution < 1.29 is 4.79 Å². The molecular formula is C24H19ClN2O. The number of fused-ring (bicyclic) bond motifs is 1. The molecule has 0 atom stereocenters. The van der Waals surface area contributed by atoms with Crippen LogP contribution in [-0.4, -0.2) is 10.9 Å². The number of pyridine rings is 1. The first-order valence-corrected chi connectivity index (χ1v) is 9.44. The van der Waals surface area contributed by atoms with Gasteiger partial charge >= 0.3 is 0 Å². The van der Waals surface area contributed by atoms with Gasteiger partial charge in [-0.1, -0.05) is 66.2 Å². The van der Waals surface area contributed by atoms with Crippen LogP contribution in [0.2, 0.25) is 5.02 Å². The van der Waals surface area contributed by atoms with Crippen LogP contribution in [0, 0.1) is 13.8 Å². The molecule has 3 nitrogen and oxygen atoms in total. The molecule has 1 N–H and O–H groups in total. The number of carbonyl (C=O) groups excluding carboxylic acids is 1. The summed E-state index contributed by atoms with van der Waals surface area (Å²) < 4.78 is 0. The molecule has 28 heavy (non-hydrogen) atoms. The van der Waals surface area contributed by atoms with Crippen molar-refractivity contribution in [3.63, 3.8) is 0 Å². The Kier molecular flexibility index (Phi) is 4.84. The molecule has 1 heterocycles. The summed E-state index contributed by atoms with van der Waals surface area (Å²) in [5, 5.41) is 4.44. The fourth-order valence-electron chi connectivity index (χ4n) is 3.34. The molecule has 0 unspecified atom stereocenters. The van der Waals surface area contributed by atoms with Gasteiger partial charge in [0, 0.05) is 21.7 Å². The summed E-state index contributed by atoms with van der Waals surface area (Å²) in [6, 6.07) is 23.2. The fraction of sp³-hybridized carbons (Fsp3) is 0.0833. The maximum Gasteiger partial charge on any atom is 0.256 e. The zero-order chi connectivity index (χ0) is 19.7. The van der Waals surface area contributed by atoms with Crippen LogP contribution in [0.5, 0.6) is 0 Å². The van der Waals surface area contributed by atoms with E-state index in [1.165, 1.54) is 0 Å². The zero-order valence-electron chi connectivity index (χ0n) is 15.7. The number of nitrogens with zero attached hydrogens (tertiary/aromatic N) is 1. The van der Waals surface area contributed by atoms with E-state index < -0.39 is 0 Å². The molecule has 0 radical (unpaired) electrons. The number of aryl methyl sites for hydroxylation is 1. The third kappa shape index (κ3) is 3.37. The first-order chi connectivity index (χ1) is 13.5. The molecule has 4 rings (SSSR count). The van der Waals surface area contributed by atoms with Crippen LogP contribution in [0.4, 0.5) is 5.69 Å². The Morgan fingerprint density at radius 2 is 1.64 bits per heavy atom. The minimum Gasteiger partial charge on any atom is -0.322 e. The molecule has 0 saturated carbocycles. The lowest BCUT2D eigenvalue weighted by molar-refractivity contribution is 0.102. The van der Waals surface area contributed by atoms with Crippen LogP contribution in [0.15, 0.2) is 72.8 Å². The van der Waals surface area contributed by atoms with Crippen molar-refractivity contribution in [3.8, 4) is 11.3 Å². The number of hydrogen-bond acceptors (Lipinski definition) is 2. The van der Waals surface area contributed by atoms with Crippen LogP contribution in [0.3, 0.4) is 0 Å². The Bertz CT molecular complexity index is 1190. The van der Waals surface area contributed by atoms with Crippen LogP contribution in [-0.2, 0) is 0 Å². The third-order valence-electron chi connectivity index (χ3n) is 4.84. The molecule has 0 saturated heterocycles. The Morgan fingerprint density at radius 3 is 2.39 bits per heavy atom. The van der Waals surface area contributed by atoms with E-state index in [0.29, 0.717) is 16.3 Å². The van der Waals surface area contributed by atoms with Gasteiger partial charge in [0.05, 0.1) is 16.8 Å². The van der Waals surface area contributed by atoms with Crippen LogP contribution >= 0.6 is 11.6 Å². The summed E-state index contributed by atoms with van der Waals surface area (Å²) in [5.41, 5.74) is 5.70. The molecule has 4 heteroatoms. The van der Waals surface area contributed by atoms with Gasteiger partial charge in [0.25, 0.3) is 5.91 Å². The van der Waals surface area contributed by atoms with Gasteiger partial charge < -0.3 is 5.32 Å². The first-order valence-electron chi connectivity index (χ1n) is 9.07. The van der Waals surface area contributed by atoms with Crippen molar-refractivity contribution >= 4 is 34.1 Å². The van der Waals surface area contributed by atoms with E-state index in [-0.39, 0.29) is 5.91 Å². The number of amides is 1. The topological polar surface area (TPSA) is 42.0 Å². The second-order valence-corrected chi connectivity index (χ2v) is 7.17. The lowest BCUT2D eigenvalue weighted by Gasteiger charge is -2.15. The summed E-state index contributed by atoms with van der Waals surface area (Å²) >= 11 is 6.21. The first kappa shape index (κ1) is 18.2. The fourth-order valence-corrected chi connectivity index (χ4v) is 3.52. The third-order valence-corrected chi connectivity index (χ3v) is 5.25. The minimum absolute atomic E-state index is 0.173. The number of rotatable bonds is 3. The standard InChI is InChI=1S/C24H19ClN2O/c1-15-12-13-18(14-20(15)25)26-24(28)22-16(2)23(17-8-4-3-5-9-17)27-21-11-7-6-10-19(21)22/h3-14H,1-2H3,(H,26,28). The number of aromatic nitrogens is 1. The normalized spacial score (nSPS) is 10.8. The SMILES string of the molecule is Cc1ccc(NC(=O)c2c(C)c(-c3ccccc3)nc3ccccc23)cc1Cl. The predicted octanol–water partition coefficient (Wildman–Crippen LogP) is 6.42. The van der Waals surface area contributed by atoms with Gasteiger partial charge in [-0.15, -0.1) is 0 Å². The smallest absolute Gasteiger partial charge is 0.256 e. The minimum atomic E-state index is -0.173. The molecule has 0 spiro atoms. The lowest BCUT2D eigenvalue weighted by Crippen LogP contribution is -2.15. The summed E-state index contributed by atoms with van der Waals surface area (Å²) in [7, 11) is 0. The number of carbonyl (C=O) groups is 1. The van der Waals surface area contributed by atoms with Crippen molar-refractivity contribution in [2.75, 3.05) is 5.32 Å². The molecule has 1 amide bonds. The molecule has 3 aromatic carbocycles. The maximum atomic E-state index is 13.2. The van der Waals surface area contributed by atoms with E-state index in [0.717, 1.165) is 33.3 Å². The number of para-hydroxylation sites is 1. The van der Waals surface area contributed by atoms with Gasteiger partial charge in [0.1, 0.15) is 0 Å². The van der Waals surface area contributed by atoms with Crippen molar-refractivity contribution in [3.05, 3.63) is 94.5 Å². The zero-order valence-corrected chi connectivity index (χ0v) is 16.4. The highest BCUT2D eigenvalue weighted by atomic mass is 35.5. The van der Waals surface area contributed by atoms with Crippen molar-refractivity contribution in [1.29, 1.82) is 0 Å². The van der Waals surface area contributed by atoms with Gasteiger partial charge in [-0.05, 0) is 43.2 Å². The highest BCUT2D eigenvalue weighted by Crippen LogP contribution is 2.30. The van der Waals surface area contributed by atoms with E-state index in [1.54, 1.807) is 6.07 Å². The van der Waals surface area contributed by atoms with Gasteiger partial charge in [-0.2, -0.15) is 0 Å². The van der Waals surface area contributed by atoms with Gasteiger partial charge in [0.15, 0.2) is 0 Å². The Hall–Kier alpha value is -3.17. The largest absolute Gasteiger partial charge is 0.322 e. The Labute approximate surface area is 169 Å². The number of benzene rings is 3. The lowest BCUT2D eigenvalue weighted by atomic mass is 9.97. The van der Waals surface area contributed by atoms with E-state index in [9.17, 15) is 4.79 Å². The molecular weight excluding hydrogens is 368 g/mol. The molecule has 1 aromatic heterocycles. The van der Waals surface area contributed by atoms with Crippen LogP contribution in [0.1, 0.15) is 21.5 Å². The number of anilines is 1. The number of nitrogens with one attached hydrogen (secondary N) is 1. The predicted molar refractivity (Wildman–Crippen MR) is 116 cm³/mol. The highest BCUT2D eigenvalue weighted by molar-refractivity contribution is 6.31. The molecule has 138 valence electrons. The molecule has 4 aromatic rings. The highest BCUT2D eigenvalue weighted by Gasteiger charge is 2.19. The molecule has 0 aliphatic carbocycles. The second kappa shape index (κ2) is 7.45. The molecule has 0 aliphatic heterocycles. The molecule has 0 fully saturated rings. The summed E-state index contributed by atoms with van der Waals surface area (Å²) in [5.74, 6) is -0.173. The molecule has 0 bridgehead atoms. The monoisotopic (exact) mass is 386 g/mol. The van der Waals surface area contributed by atoms with Crippen LogP contribution in [0.25, 0.3) is 22.2 Å².